The first-order valence-electron chi connectivity index (χ1n) is 8.90. The largest absolute Gasteiger partial charge is 0.378 e. The number of benzene rings is 2. The lowest BCUT2D eigenvalue weighted by molar-refractivity contribution is 0.0297. The predicted octanol–water partition coefficient (Wildman–Crippen LogP) is 2.55. The third-order valence-corrected chi connectivity index (χ3v) is 6.05. The summed E-state index contributed by atoms with van der Waals surface area (Å²) in [5, 5.41) is 4.14. The molecule has 0 atom stereocenters. The van der Waals surface area contributed by atoms with E-state index >= 15 is 0 Å². The summed E-state index contributed by atoms with van der Waals surface area (Å²) in [6, 6.07) is 7.92. The maximum absolute atomic E-state index is 13.3. The van der Waals surface area contributed by atoms with Crippen molar-refractivity contribution in [2.45, 2.75) is 11.8 Å². The SMILES string of the molecule is Cc1cc(F)ccc1NS(=O)(=O)c1ccc2onc(C(=O)N3CCOCC3)c2c1. The third-order valence-electron chi connectivity index (χ3n) is 4.69. The predicted molar refractivity (Wildman–Crippen MR) is 103 cm³/mol. The highest BCUT2D eigenvalue weighted by Crippen LogP contribution is 2.26. The second-order valence-corrected chi connectivity index (χ2v) is 8.34. The number of carbonyl (C=O) groups is 1. The Morgan fingerprint density at radius 2 is 1.93 bits per heavy atom. The van der Waals surface area contributed by atoms with Crippen LogP contribution in [0.15, 0.2) is 45.8 Å². The van der Waals surface area contributed by atoms with Crippen LogP contribution < -0.4 is 4.72 Å². The Balaban J connectivity index is 1.68. The monoisotopic (exact) mass is 419 g/mol. The van der Waals surface area contributed by atoms with Gasteiger partial charge in [-0.2, -0.15) is 0 Å². The average Bonchev–Trinajstić information content (AvgIpc) is 3.13. The molecule has 1 aliphatic rings. The summed E-state index contributed by atoms with van der Waals surface area (Å²) < 4.78 is 51.8. The summed E-state index contributed by atoms with van der Waals surface area (Å²) in [6.45, 7) is 3.32. The van der Waals surface area contributed by atoms with E-state index in [1.54, 1.807) is 11.8 Å². The van der Waals surface area contributed by atoms with Gasteiger partial charge in [0.1, 0.15) is 5.82 Å². The molecule has 2 aromatic carbocycles. The van der Waals surface area contributed by atoms with Crippen molar-refractivity contribution in [3.63, 3.8) is 0 Å². The number of rotatable bonds is 4. The number of aromatic nitrogens is 1. The number of fused-ring (bicyclic) bond motifs is 1. The number of nitrogens with one attached hydrogen (secondary N) is 1. The molecule has 1 fully saturated rings. The third kappa shape index (κ3) is 3.81. The fourth-order valence-electron chi connectivity index (χ4n) is 3.10. The number of hydrogen-bond acceptors (Lipinski definition) is 6. The molecule has 1 saturated heterocycles. The highest BCUT2D eigenvalue weighted by molar-refractivity contribution is 7.92. The maximum atomic E-state index is 13.3. The molecule has 0 radical (unpaired) electrons. The molecule has 0 spiro atoms. The smallest absolute Gasteiger partial charge is 0.276 e. The molecule has 1 N–H and O–H groups in total. The van der Waals surface area contributed by atoms with Gasteiger partial charge in [0.05, 0.1) is 29.2 Å². The topological polar surface area (TPSA) is 102 Å². The second kappa shape index (κ2) is 7.45. The minimum absolute atomic E-state index is 0.0527. The number of ether oxygens (including phenoxy) is 1. The van der Waals surface area contributed by atoms with Crippen molar-refractivity contribution in [3.05, 3.63) is 53.5 Å². The number of anilines is 1. The van der Waals surface area contributed by atoms with Gasteiger partial charge in [0.25, 0.3) is 15.9 Å². The highest BCUT2D eigenvalue weighted by atomic mass is 32.2. The van der Waals surface area contributed by atoms with Crippen LogP contribution in [-0.4, -0.2) is 50.7 Å². The van der Waals surface area contributed by atoms with Crippen molar-refractivity contribution >= 4 is 32.6 Å². The van der Waals surface area contributed by atoms with Gasteiger partial charge in [0, 0.05) is 13.1 Å². The van der Waals surface area contributed by atoms with E-state index in [2.05, 4.69) is 9.88 Å². The Hall–Kier alpha value is -2.98. The van der Waals surface area contributed by atoms with E-state index in [0.29, 0.717) is 42.8 Å². The number of nitrogens with zero attached hydrogens (tertiary/aromatic N) is 2. The minimum atomic E-state index is -3.97. The van der Waals surface area contributed by atoms with Crippen LogP contribution in [0.1, 0.15) is 16.1 Å². The van der Waals surface area contributed by atoms with Crippen molar-refractivity contribution in [1.82, 2.24) is 10.1 Å². The summed E-state index contributed by atoms with van der Waals surface area (Å²) in [5.74, 6) is -0.799. The maximum Gasteiger partial charge on any atom is 0.276 e. The molecule has 29 heavy (non-hydrogen) atoms. The lowest BCUT2D eigenvalue weighted by Crippen LogP contribution is -2.40. The zero-order valence-corrected chi connectivity index (χ0v) is 16.3. The lowest BCUT2D eigenvalue weighted by Gasteiger charge is -2.25. The van der Waals surface area contributed by atoms with Crippen molar-refractivity contribution in [2.24, 2.45) is 0 Å². The van der Waals surface area contributed by atoms with Crippen LogP contribution in [0.25, 0.3) is 11.0 Å². The number of halogens is 1. The number of carbonyl (C=O) groups excluding carboxylic acids is 1. The summed E-state index contributed by atoms with van der Waals surface area (Å²) in [5.41, 5.74) is 1.07. The molecule has 0 unspecified atom stereocenters. The quantitative estimate of drug-likeness (QED) is 0.697. The average molecular weight is 419 g/mol. The second-order valence-electron chi connectivity index (χ2n) is 6.66. The standard InChI is InChI=1S/C19H18FN3O5S/c1-12-10-13(20)2-4-16(12)22-29(25,26)14-3-5-17-15(11-14)18(21-28-17)19(24)23-6-8-27-9-7-23/h2-5,10-11,22H,6-9H2,1H3. The fraction of sp³-hybridized carbons (Fsp3) is 0.263. The van der Waals surface area contributed by atoms with Gasteiger partial charge in [-0.1, -0.05) is 5.16 Å². The Morgan fingerprint density at radius 3 is 2.66 bits per heavy atom. The van der Waals surface area contributed by atoms with Crippen LogP contribution in [0.2, 0.25) is 0 Å². The molecule has 0 aliphatic carbocycles. The first-order valence-corrected chi connectivity index (χ1v) is 10.4. The first kappa shape index (κ1) is 19.3. The van der Waals surface area contributed by atoms with Gasteiger partial charge in [-0.3, -0.25) is 9.52 Å². The molecule has 152 valence electrons. The van der Waals surface area contributed by atoms with Crippen LogP contribution in [-0.2, 0) is 14.8 Å². The zero-order valence-electron chi connectivity index (χ0n) is 15.5. The Labute approximate surface area is 166 Å². The summed E-state index contributed by atoms with van der Waals surface area (Å²) in [7, 11) is -3.97. The minimum Gasteiger partial charge on any atom is -0.378 e. The normalized spacial score (nSPS) is 14.9. The zero-order chi connectivity index (χ0) is 20.6. The summed E-state index contributed by atoms with van der Waals surface area (Å²) >= 11 is 0. The summed E-state index contributed by atoms with van der Waals surface area (Å²) in [6.07, 6.45) is 0. The molecular weight excluding hydrogens is 401 g/mol. The van der Waals surface area contributed by atoms with Crippen LogP contribution in [0.5, 0.6) is 0 Å². The van der Waals surface area contributed by atoms with Gasteiger partial charge in [-0.15, -0.1) is 0 Å². The molecule has 1 aromatic heterocycles. The Bertz CT molecular complexity index is 1190. The van der Waals surface area contributed by atoms with E-state index in [-0.39, 0.29) is 22.2 Å². The Morgan fingerprint density at radius 1 is 1.17 bits per heavy atom. The molecule has 10 heteroatoms. The molecular formula is C19H18FN3O5S. The number of hydrogen-bond donors (Lipinski definition) is 1. The molecule has 0 saturated carbocycles. The van der Waals surface area contributed by atoms with Gasteiger partial charge in [0.2, 0.25) is 0 Å². The highest BCUT2D eigenvalue weighted by Gasteiger charge is 2.25. The fourth-order valence-corrected chi connectivity index (χ4v) is 4.26. The van der Waals surface area contributed by atoms with E-state index in [4.69, 9.17) is 9.26 Å². The summed E-state index contributed by atoms with van der Waals surface area (Å²) in [4.78, 5) is 14.3. The van der Waals surface area contributed by atoms with Gasteiger partial charge in [-0.05, 0) is 48.9 Å². The van der Waals surface area contributed by atoms with Gasteiger partial charge >= 0.3 is 0 Å². The van der Waals surface area contributed by atoms with Crippen molar-refractivity contribution in [3.8, 4) is 0 Å². The molecule has 4 rings (SSSR count). The van der Waals surface area contributed by atoms with E-state index in [1.807, 2.05) is 0 Å². The van der Waals surface area contributed by atoms with Crippen molar-refractivity contribution < 1.29 is 26.9 Å². The van der Waals surface area contributed by atoms with Gasteiger partial charge in [0.15, 0.2) is 11.3 Å². The van der Waals surface area contributed by atoms with Crippen LogP contribution in [0.3, 0.4) is 0 Å². The molecule has 8 nitrogen and oxygen atoms in total. The van der Waals surface area contributed by atoms with E-state index < -0.39 is 15.8 Å². The van der Waals surface area contributed by atoms with Gasteiger partial charge in [-0.25, -0.2) is 12.8 Å². The number of amides is 1. The molecule has 0 bridgehead atoms. The van der Waals surface area contributed by atoms with E-state index in [0.717, 1.165) is 0 Å². The van der Waals surface area contributed by atoms with E-state index in [1.165, 1.54) is 36.4 Å². The van der Waals surface area contributed by atoms with E-state index in [9.17, 15) is 17.6 Å². The molecule has 2 heterocycles. The van der Waals surface area contributed by atoms with Gasteiger partial charge < -0.3 is 14.2 Å². The molecule has 1 amide bonds. The van der Waals surface area contributed by atoms with Crippen LogP contribution >= 0.6 is 0 Å². The molecule has 1 aliphatic heterocycles. The van der Waals surface area contributed by atoms with Crippen LogP contribution in [0.4, 0.5) is 10.1 Å². The Kier molecular flexibility index (Phi) is 4.97. The van der Waals surface area contributed by atoms with Crippen molar-refractivity contribution in [1.29, 1.82) is 0 Å². The molecule has 3 aromatic rings. The van der Waals surface area contributed by atoms with Crippen molar-refractivity contribution in [2.75, 3.05) is 31.0 Å². The first-order chi connectivity index (χ1) is 13.8. The number of aryl methyl sites for hydroxylation is 1. The number of sulfonamides is 1. The lowest BCUT2D eigenvalue weighted by atomic mass is 10.2. The number of morpholine rings is 1. The van der Waals surface area contributed by atoms with Crippen LogP contribution in [0, 0.1) is 12.7 Å².